The van der Waals surface area contributed by atoms with Gasteiger partial charge in [0.2, 0.25) is 0 Å². The molecule has 220 valence electrons. The number of hydrogen-bond donors (Lipinski definition) is 3. The van der Waals surface area contributed by atoms with Crippen LogP contribution in [0.15, 0.2) is 12.2 Å². The maximum Gasteiger partial charge on any atom is 0.335 e. The van der Waals surface area contributed by atoms with Crippen molar-refractivity contribution in [3.8, 4) is 0 Å². The predicted molar refractivity (Wildman–Crippen MR) is 135 cm³/mol. The van der Waals surface area contributed by atoms with Crippen molar-refractivity contribution in [1.29, 1.82) is 0 Å². The summed E-state index contributed by atoms with van der Waals surface area (Å²) in [6.07, 6.45) is 1.13. The summed E-state index contributed by atoms with van der Waals surface area (Å²) >= 11 is 0. The smallest absolute Gasteiger partial charge is 0.335 e. The zero-order valence-corrected chi connectivity index (χ0v) is 24.1. The third-order valence-electron chi connectivity index (χ3n) is 9.27. The molecule has 2 fully saturated rings. The van der Waals surface area contributed by atoms with Crippen LogP contribution in [0.2, 0.25) is 0 Å². The second kappa shape index (κ2) is 9.85. The van der Waals surface area contributed by atoms with E-state index in [0.29, 0.717) is 0 Å². The normalized spacial score (nSPS) is 43.0. The van der Waals surface area contributed by atoms with E-state index >= 15 is 0 Å². The van der Waals surface area contributed by atoms with Gasteiger partial charge in [-0.25, -0.2) is 0 Å². The highest BCUT2D eigenvalue weighted by Crippen LogP contribution is 2.65. The minimum Gasteiger partial charge on any atom is -0.455 e. The number of carbonyl (C=O) groups excluding carboxylic acids is 4. The van der Waals surface area contributed by atoms with Crippen LogP contribution in [0, 0.1) is 34.5 Å². The Morgan fingerprint density at radius 3 is 1.79 bits per heavy atom. The van der Waals surface area contributed by atoms with Crippen LogP contribution in [-0.2, 0) is 38.1 Å². The number of esters is 4. The number of aliphatic hydroxyl groups is 3. The Morgan fingerprint density at radius 2 is 1.33 bits per heavy atom. The van der Waals surface area contributed by atoms with Gasteiger partial charge in [-0.3, -0.25) is 19.2 Å². The summed E-state index contributed by atoms with van der Waals surface area (Å²) in [5.41, 5.74) is -3.55. The number of aliphatic hydroxyl groups excluding tert-OH is 1. The Kier molecular flexibility index (Phi) is 7.84. The zero-order valence-electron chi connectivity index (χ0n) is 24.1. The van der Waals surface area contributed by atoms with E-state index in [2.05, 4.69) is 0 Å². The Balaban J connectivity index is 2.47. The minimum atomic E-state index is -2.97. The molecule has 39 heavy (non-hydrogen) atoms. The Bertz CT molecular complexity index is 1050. The first-order valence-electron chi connectivity index (χ1n) is 13.2. The van der Waals surface area contributed by atoms with Crippen LogP contribution in [0.5, 0.6) is 0 Å². The van der Waals surface area contributed by atoms with Gasteiger partial charge in [-0.2, -0.15) is 0 Å². The molecule has 0 radical (unpaired) electrons. The van der Waals surface area contributed by atoms with Crippen LogP contribution in [0.3, 0.4) is 0 Å². The second-order valence-electron chi connectivity index (χ2n) is 12.5. The van der Waals surface area contributed by atoms with E-state index in [1.54, 1.807) is 32.9 Å². The standard InChI is InChI=1S/C28H42O11/c1-14-19-12-20-21(33)13-26(9,34)22(24(20,6)7)10-11-25(19,8)28(38-17(4)31,39-18(5)32)27(35,37-16(3)30)23(14)36-15(2)29/h10-11,14,19-23,33-35H,12-13H2,1-9H3/b11-10-/t14-,19-,20-,21?,22+,23?,25+,26-,27?/m1/s1. The van der Waals surface area contributed by atoms with Crippen molar-refractivity contribution >= 4 is 23.9 Å². The fraction of sp³-hybridized carbons (Fsp3) is 0.786. The molecule has 0 aromatic carbocycles. The van der Waals surface area contributed by atoms with E-state index in [1.165, 1.54) is 0 Å². The molecular weight excluding hydrogens is 512 g/mol. The summed E-state index contributed by atoms with van der Waals surface area (Å²) in [6.45, 7) is 13.0. The number of carbonyl (C=O) groups is 4. The predicted octanol–water partition coefficient (Wildman–Crippen LogP) is 2.00. The van der Waals surface area contributed by atoms with E-state index < -0.39 is 87.8 Å². The van der Waals surface area contributed by atoms with Gasteiger partial charge in [0.15, 0.2) is 6.10 Å². The lowest BCUT2D eigenvalue weighted by atomic mass is 9.47. The summed E-state index contributed by atoms with van der Waals surface area (Å²) in [4.78, 5) is 49.9. The molecule has 0 aromatic rings. The molecule has 3 N–H and O–H groups in total. The molecule has 0 saturated heterocycles. The Hall–Kier alpha value is -2.50. The van der Waals surface area contributed by atoms with Crippen molar-refractivity contribution in [2.45, 2.75) is 105 Å². The summed E-state index contributed by atoms with van der Waals surface area (Å²) in [6, 6.07) is 0. The molecule has 0 aromatic heterocycles. The summed E-state index contributed by atoms with van der Waals surface area (Å²) < 4.78 is 22.4. The first-order chi connectivity index (χ1) is 17.7. The zero-order chi connectivity index (χ0) is 29.9. The van der Waals surface area contributed by atoms with Crippen LogP contribution < -0.4 is 0 Å². The van der Waals surface area contributed by atoms with E-state index in [0.717, 1.165) is 27.7 Å². The summed E-state index contributed by atoms with van der Waals surface area (Å²) in [5, 5.41) is 34.9. The van der Waals surface area contributed by atoms with Gasteiger partial charge < -0.3 is 34.3 Å². The third-order valence-corrected chi connectivity index (χ3v) is 9.27. The lowest BCUT2D eigenvalue weighted by Crippen LogP contribution is -2.79. The maximum absolute atomic E-state index is 12.6. The fourth-order valence-corrected chi connectivity index (χ4v) is 7.83. The maximum atomic E-state index is 12.6. The van der Waals surface area contributed by atoms with Gasteiger partial charge in [-0.05, 0) is 37.5 Å². The van der Waals surface area contributed by atoms with E-state index in [1.807, 2.05) is 13.8 Å². The molecule has 9 atom stereocenters. The molecule has 2 saturated carbocycles. The van der Waals surface area contributed by atoms with Gasteiger partial charge in [0.25, 0.3) is 0 Å². The van der Waals surface area contributed by atoms with Crippen LogP contribution in [-0.4, -0.2) is 68.6 Å². The van der Waals surface area contributed by atoms with Crippen molar-refractivity contribution in [1.82, 2.24) is 0 Å². The molecule has 2 bridgehead atoms. The van der Waals surface area contributed by atoms with Crippen LogP contribution >= 0.6 is 0 Å². The van der Waals surface area contributed by atoms with Crippen LogP contribution in [0.25, 0.3) is 0 Å². The van der Waals surface area contributed by atoms with Crippen molar-refractivity contribution in [3.05, 3.63) is 12.2 Å². The van der Waals surface area contributed by atoms with Gasteiger partial charge >= 0.3 is 35.5 Å². The SMILES string of the molecule is CC(=O)OC1[C@H](C)[C@H]2C[C@@H]3C(O)C[C@@](C)(O)[C@@H](/C=C\[C@]2(C)C(OC(C)=O)(OC(C)=O)C1(O)OC(C)=O)C3(C)C. The molecule has 0 heterocycles. The molecule has 0 aliphatic heterocycles. The average Bonchev–Trinajstić information content (AvgIpc) is 2.72. The second-order valence-corrected chi connectivity index (χ2v) is 12.5. The average molecular weight is 555 g/mol. The number of fused-ring (bicyclic) bond motifs is 3. The van der Waals surface area contributed by atoms with E-state index in [-0.39, 0.29) is 12.8 Å². The molecule has 0 spiro atoms. The number of hydrogen-bond acceptors (Lipinski definition) is 11. The van der Waals surface area contributed by atoms with Gasteiger partial charge in [0.1, 0.15) is 0 Å². The fourth-order valence-electron chi connectivity index (χ4n) is 7.83. The minimum absolute atomic E-state index is 0.109. The van der Waals surface area contributed by atoms with E-state index in [4.69, 9.17) is 18.9 Å². The highest BCUT2D eigenvalue weighted by molar-refractivity contribution is 5.71. The molecule has 0 amide bonds. The molecule has 3 aliphatic carbocycles. The number of ether oxygens (including phenoxy) is 4. The monoisotopic (exact) mass is 554 g/mol. The van der Waals surface area contributed by atoms with Crippen LogP contribution in [0.1, 0.15) is 75.2 Å². The van der Waals surface area contributed by atoms with Gasteiger partial charge in [-0.1, -0.05) is 32.9 Å². The largest absolute Gasteiger partial charge is 0.455 e. The quantitative estimate of drug-likeness (QED) is 0.201. The first-order valence-corrected chi connectivity index (χ1v) is 13.2. The summed E-state index contributed by atoms with van der Waals surface area (Å²) in [7, 11) is 0. The number of rotatable bonds is 4. The van der Waals surface area contributed by atoms with Gasteiger partial charge in [0.05, 0.1) is 17.1 Å². The van der Waals surface area contributed by atoms with Crippen molar-refractivity contribution < 1.29 is 53.4 Å². The Morgan fingerprint density at radius 1 is 0.821 bits per heavy atom. The topological polar surface area (TPSA) is 166 Å². The van der Waals surface area contributed by atoms with Gasteiger partial charge in [0, 0.05) is 46.0 Å². The summed E-state index contributed by atoms with van der Waals surface area (Å²) in [5.74, 6) is -11.8. The van der Waals surface area contributed by atoms with Crippen molar-refractivity contribution in [2.24, 2.45) is 34.5 Å². The lowest BCUT2D eigenvalue weighted by molar-refractivity contribution is -0.441. The van der Waals surface area contributed by atoms with Gasteiger partial charge in [-0.15, -0.1) is 0 Å². The molecule has 3 rings (SSSR count). The molecule has 11 heteroatoms. The molecule has 11 nitrogen and oxygen atoms in total. The van der Waals surface area contributed by atoms with E-state index in [9.17, 15) is 34.5 Å². The first kappa shape index (κ1) is 31.0. The molecule has 3 aliphatic rings. The van der Waals surface area contributed by atoms with Crippen LogP contribution in [0.4, 0.5) is 0 Å². The highest BCUT2D eigenvalue weighted by atomic mass is 16.8. The lowest BCUT2D eigenvalue weighted by Gasteiger charge is -2.64. The Labute approximate surface area is 228 Å². The highest BCUT2D eigenvalue weighted by Gasteiger charge is 2.80. The third kappa shape index (κ3) is 4.76. The van der Waals surface area contributed by atoms with Crippen molar-refractivity contribution in [3.63, 3.8) is 0 Å². The van der Waals surface area contributed by atoms with Crippen molar-refractivity contribution in [2.75, 3.05) is 0 Å². The molecule has 3 unspecified atom stereocenters. The molecular formula is C28H42O11.